The maximum atomic E-state index is 11.5. The monoisotopic (exact) mass is 331 g/mol. The first-order chi connectivity index (χ1) is 11.2. The molecule has 0 spiro atoms. The summed E-state index contributed by atoms with van der Waals surface area (Å²) >= 11 is 1.70. The molecule has 3 N–H and O–H groups in total. The van der Waals surface area contributed by atoms with E-state index >= 15 is 0 Å². The number of primary amides is 1. The van der Waals surface area contributed by atoms with E-state index in [1.54, 1.807) is 11.8 Å². The Morgan fingerprint density at radius 2 is 2.35 bits per heavy atom. The summed E-state index contributed by atoms with van der Waals surface area (Å²) < 4.78 is 2.27. The van der Waals surface area contributed by atoms with Crippen molar-refractivity contribution in [3.05, 3.63) is 36.9 Å². The van der Waals surface area contributed by atoms with E-state index in [4.69, 9.17) is 10.7 Å². The zero-order valence-electron chi connectivity index (χ0n) is 13.2. The molecule has 1 aliphatic rings. The molecule has 0 aliphatic carbocycles. The number of quaternary nitrogens is 1. The zero-order chi connectivity index (χ0) is 16.2. The Balaban J connectivity index is 1.85. The normalized spacial score (nSPS) is 21.4. The third-order valence-corrected chi connectivity index (χ3v) is 5.32. The van der Waals surface area contributed by atoms with Crippen LogP contribution in [0.2, 0.25) is 0 Å². The van der Waals surface area contributed by atoms with Crippen molar-refractivity contribution in [1.82, 2.24) is 9.55 Å². The number of nitrogens with one attached hydrogen (secondary N) is 1. The van der Waals surface area contributed by atoms with Gasteiger partial charge in [-0.25, -0.2) is 4.98 Å². The fraction of sp³-hybridized carbons (Fsp3) is 0.412. The summed E-state index contributed by atoms with van der Waals surface area (Å²) in [5, 5.41) is 1.01. The highest BCUT2D eigenvalue weighted by Crippen LogP contribution is 2.23. The Kier molecular flexibility index (Phi) is 5.03. The summed E-state index contributed by atoms with van der Waals surface area (Å²) in [5.41, 5.74) is 7.66. The third-order valence-electron chi connectivity index (χ3n) is 4.35. The van der Waals surface area contributed by atoms with E-state index in [0.29, 0.717) is 0 Å². The van der Waals surface area contributed by atoms with E-state index in [9.17, 15) is 4.79 Å². The van der Waals surface area contributed by atoms with Gasteiger partial charge in [0.1, 0.15) is 0 Å². The van der Waals surface area contributed by atoms with E-state index in [0.717, 1.165) is 54.5 Å². The van der Waals surface area contributed by atoms with Crippen molar-refractivity contribution in [3.63, 3.8) is 0 Å². The van der Waals surface area contributed by atoms with Crippen LogP contribution in [0.3, 0.4) is 0 Å². The van der Waals surface area contributed by atoms with E-state index in [1.165, 1.54) is 4.90 Å². The number of carbonyl (C=O) groups is 1. The quantitative estimate of drug-likeness (QED) is 0.614. The number of piperidine rings is 1. The van der Waals surface area contributed by atoms with Crippen molar-refractivity contribution in [2.24, 2.45) is 11.7 Å². The Morgan fingerprint density at radius 1 is 1.52 bits per heavy atom. The highest BCUT2D eigenvalue weighted by Gasteiger charge is 2.28. The van der Waals surface area contributed by atoms with Crippen molar-refractivity contribution in [3.8, 4) is 0 Å². The molecule has 6 heteroatoms. The standard InChI is InChI=1S/C17H22N4OS/c1-2-10-23-17-19-14-7-3-4-8-15(14)21(17)12-20-9-5-6-13(11-20)16(18)22/h2-4,7-8,13H,1,5-6,9-12H2,(H2,18,22)/p+1/t13-/m1/s1. The van der Waals surface area contributed by atoms with E-state index < -0.39 is 0 Å². The number of hydrogen-bond acceptors (Lipinski definition) is 3. The van der Waals surface area contributed by atoms with Crippen LogP contribution in [0.5, 0.6) is 0 Å². The number of hydrogen-bond donors (Lipinski definition) is 2. The minimum absolute atomic E-state index is 0.00202. The number of aromatic nitrogens is 2. The number of fused-ring (bicyclic) bond motifs is 1. The second-order valence-electron chi connectivity index (χ2n) is 6.01. The summed E-state index contributed by atoms with van der Waals surface area (Å²) in [6.45, 7) is 6.50. The van der Waals surface area contributed by atoms with Gasteiger partial charge >= 0.3 is 0 Å². The molecular formula is C17H23N4OS+. The van der Waals surface area contributed by atoms with Crippen LogP contribution in [0.15, 0.2) is 42.1 Å². The summed E-state index contributed by atoms with van der Waals surface area (Å²) in [6.07, 6.45) is 3.86. The largest absolute Gasteiger partial charge is 0.369 e. The molecule has 2 aromatic rings. The van der Waals surface area contributed by atoms with Gasteiger partial charge in [-0.3, -0.25) is 9.36 Å². The first-order valence-electron chi connectivity index (χ1n) is 8.01. The van der Waals surface area contributed by atoms with Crippen LogP contribution < -0.4 is 10.6 Å². The van der Waals surface area contributed by atoms with Gasteiger partial charge in [0.15, 0.2) is 11.8 Å². The van der Waals surface area contributed by atoms with Crippen LogP contribution in [0.25, 0.3) is 11.0 Å². The molecule has 3 rings (SSSR count). The summed E-state index contributed by atoms with van der Waals surface area (Å²) in [6, 6.07) is 8.20. The molecule has 5 nitrogen and oxygen atoms in total. The SMILES string of the molecule is C=CCSc1nc2ccccc2n1C[NH+]1CCC[C@@H](C(N)=O)C1. The van der Waals surface area contributed by atoms with Crippen molar-refractivity contribution in [1.29, 1.82) is 0 Å². The smallest absolute Gasteiger partial charge is 0.226 e. The molecule has 0 bridgehead atoms. The Bertz CT molecular complexity index is 712. The minimum atomic E-state index is -0.168. The van der Waals surface area contributed by atoms with E-state index in [1.807, 2.05) is 24.3 Å². The lowest BCUT2D eigenvalue weighted by Crippen LogP contribution is -3.13. The number of carbonyl (C=O) groups excluding carboxylic acids is 1. The fourth-order valence-electron chi connectivity index (χ4n) is 3.21. The molecule has 1 unspecified atom stereocenters. The Labute approximate surface area is 140 Å². The Morgan fingerprint density at radius 3 is 3.13 bits per heavy atom. The van der Waals surface area contributed by atoms with E-state index in [-0.39, 0.29) is 11.8 Å². The lowest BCUT2D eigenvalue weighted by Gasteiger charge is -2.28. The van der Waals surface area contributed by atoms with Gasteiger partial charge in [0.25, 0.3) is 0 Å². The molecule has 1 aromatic carbocycles. The van der Waals surface area contributed by atoms with Gasteiger partial charge in [-0.05, 0) is 25.0 Å². The number of thioether (sulfide) groups is 1. The van der Waals surface area contributed by atoms with Crippen LogP contribution in [0.1, 0.15) is 12.8 Å². The van der Waals surface area contributed by atoms with Gasteiger partial charge in [0, 0.05) is 5.75 Å². The minimum Gasteiger partial charge on any atom is -0.369 e. The van der Waals surface area contributed by atoms with Crippen molar-refractivity contribution in [2.45, 2.75) is 24.7 Å². The first-order valence-corrected chi connectivity index (χ1v) is 8.99. The molecule has 122 valence electrons. The first kappa shape index (κ1) is 16.1. The fourth-order valence-corrected chi connectivity index (χ4v) is 3.96. The molecule has 0 radical (unpaired) electrons. The zero-order valence-corrected chi connectivity index (χ0v) is 14.0. The predicted octanol–water partition coefficient (Wildman–Crippen LogP) is 1.05. The lowest BCUT2D eigenvalue weighted by atomic mass is 9.98. The van der Waals surface area contributed by atoms with Crippen molar-refractivity contribution >= 4 is 28.7 Å². The van der Waals surface area contributed by atoms with Gasteiger partial charge in [-0.1, -0.05) is 30.0 Å². The number of rotatable bonds is 6. The summed E-state index contributed by atoms with van der Waals surface area (Å²) in [5.74, 6) is 0.666. The van der Waals surface area contributed by atoms with Crippen LogP contribution in [0, 0.1) is 5.92 Å². The van der Waals surface area contributed by atoms with Gasteiger partial charge in [0.2, 0.25) is 5.91 Å². The lowest BCUT2D eigenvalue weighted by molar-refractivity contribution is -0.930. The summed E-state index contributed by atoms with van der Waals surface area (Å²) in [7, 11) is 0. The second-order valence-corrected chi connectivity index (χ2v) is 7.00. The van der Waals surface area contributed by atoms with Crippen LogP contribution in [-0.2, 0) is 11.5 Å². The molecule has 1 saturated heterocycles. The number of likely N-dealkylation sites (tertiary alicyclic amines) is 1. The van der Waals surface area contributed by atoms with Gasteiger partial charge in [-0.15, -0.1) is 6.58 Å². The third kappa shape index (κ3) is 3.59. The van der Waals surface area contributed by atoms with Gasteiger partial charge < -0.3 is 10.6 Å². The molecule has 1 fully saturated rings. The number of amides is 1. The number of benzene rings is 1. The number of nitrogens with zero attached hydrogens (tertiary/aromatic N) is 2. The van der Waals surface area contributed by atoms with Crippen molar-refractivity contribution < 1.29 is 9.69 Å². The Hall–Kier alpha value is -1.79. The molecule has 0 saturated carbocycles. The van der Waals surface area contributed by atoms with Crippen LogP contribution in [0.4, 0.5) is 0 Å². The molecule has 2 atom stereocenters. The maximum absolute atomic E-state index is 11.5. The maximum Gasteiger partial charge on any atom is 0.226 e. The molecular weight excluding hydrogens is 308 g/mol. The van der Waals surface area contributed by atoms with Crippen LogP contribution >= 0.6 is 11.8 Å². The highest BCUT2D eigenvalue weighted by molar-refractivity contribution is 7.99. The molecule has 23 heavy (non-hydrogen) atoms. The topological polar surface area (TPSA) is 65.3 Å². The van der Waals surface area contributed by atoms with E-state index in [2.05, 4.69) is 17.2 Å². The molecule has 1 amide bonds. The van der Waals surface area contributed by atoms with Crippen molar-refractivity contribution in [2.75, 3.05) is 18.8 Å². The van der Waals surface area contributed by atoms with Gasteiger partial charge in [-0.2, -0.15) is 0 Å². The average molecular weight is 331 g/mol. The molecule has 1 aromatic heterocycles. The highest BCUT2D eigenvalue weighted by atomic mass is 32.2. The summed E-state index contributed by atoms with van der Waals surface area (Å²) in [4.78, 5) is 17.6. The number of imidazole rings is 1. The second kappa shape index (κ2) is 7.19. The number of para-hydroxylation sites is 2. The number of nitrogens with two attached hydrogens (primary N) is 1. The van der Waals surface area contributed by atoms with Gasteiger partial charge in [0.05, 0.1) is 30.0 Å². The predicted molar refractivity (Wildman–Crippen MR) is 93.3 cm³/mol. The molecule has 2 heterocycles. The average Bonchev–Trinajstić information content (AvgIpc) is 2.91. The molecule has 1 aliphatic heterocycles. The van der Waals surface area contributed by atoms with Crippen LogP contribution in [-0.4, -0.2) is 34.3 Å².